The predicted octanol–water partition coefficient (Wildman–Crippen LogP) is 4.34. The molecule has 2 heterocycles. The molecule has 0 spiro atoms. The summed E-state index contributed by atoms with van der Waals surface area (Å²) in [6, 6.07) is 16.7. The Morgan fingerprint density at radius 3 is 2.33 bits per heavy atom. The Labute approximate surface area is 214 Å². The van der Waals surface area contributed by atoms with E-state index in [-0.39, 0.29) is 30.3 Å². The van der Waals surface area contributed by atoms with Gasteiger partial charge in [-0.1, -0.05) is 12.1 Å². The van der Waals surface area contributed by atoms with Gasteiger partial charge in [0.25, 0.3) is 11.8 Å². The first-order chi connectivity index (χ1) is 17.3. The van der Waals surface area contributed by atoms with Crippen LogP contribution in [0, 0.1) is 5.82 Å². The van der Waals surface area contributed by atoms with Crippen LogP contribution in [0.2, 0.25) is 0 Å². The van der Waals surface area contributed by atoms with E-state index in [0.717, 1.165) is 5.69 Å². The molecule has 1 aliphatic heterocycles. The summed E-state index contributed by atoms with van der Waals surface area (Å²) in [6.45, 7) is 6.13. The molecule has 0 atom stereocenters. The highest BCUT2D eigenvalue weighted by Gasteiger charge is 2.24. The first-order valence-electron chi connectivity index (χ1n) is 11.9. The molecule has 3 aromatic rings. The Morgan fingerprint density at radius 2 is 1.72 bits per heavy atom. The molecule has 1 saturated heterocycles. The van der Waals surface area contributed by atoms with Gasteiger partial charge in [0.1, 0.15) is 12.4 Å². The highest BCUT2D eigenvalue weighted by atomic mass is 32.1. The number of rotatable bonds is 7. The third-order valence-corrected chi connectivity index (χ3v) is 6.94. The van der Waals surface area contributed by atoms with Gasteiger partial charge in [0.15, 0.2) is 0 Å². The van der Waals surface area contributed by atoms with Gasteiger partial charge in [0.2, 0.25) is 5.91 Å². The van der Waals surface area contributed by atoms with Gasteiger partial charge in [-0.15, -0.1) is 11.3 Å². The molecule has 1 N–H and O–H groups in total. The number of nitrogens with one attached hydrogen (secondary N) is 1. The van der Waals surface area contributed by atoms with Crippen molar-refractivity contribution < 1.29 is 18.8 Å². The Balaban J connectivity index is 1.30. The Hall–Kier alpha value is -3.72. The van der Waals surface area contributed by atoms with E-state index < -0.39 is 5.82 Å². The van der Waals surface area contributed by atoms with E-state index in [1.165, 1.54) is 23.5 Å². The average Bonchev–Trinajstić information content (AvgIpc) is 3.42. The van der Waals surface area contributed by atoms with E-state index in [4.69, 9.17) is 0 Å². The quantitative estimate of drug-likeness (QED) is 0.515. The van der Waals surface area contributed by atoms with Crippen molar-refractivity contribution in [1.82, 2.24) is 9.80 Å². The van der Waals surface area contributed by atoms with Crippen molar-refractivity contribution in [2.75, 3.05) is 42.9 Å². The van der Waals surface area contributed by atoms with Gasteiger partial charge in [0, 0.05) is 49.2 Å². The molecule has 4 rings (SSSR count). The van der Waals surface area contributed by atoms with Crippen LogP contribution in [0.3, 0.4) is 0 Å². The second-order valence-corrected chi connectivity index (χ2v) is 9.84. The Kier molecular flexibility index (Phi) is 8.00. The topological polar surface area (TPSA) is 73.0 Å². The van der Waals surface area contributed by atoms with E-state index in [9.17, 15) is 18.8 Å². The third kappa shape index (κ3) is 6.09. The van der Waals surface area contributed by atoms with Crippen molar-refractivity contribution in [3.05, 3.63) is 82.3 Å². The van der Waals surface area contributed by atoms with Crippen LogP contribution < -0.4 is 10.2 Å². The van der Waals surface area contributed by atoms with E-state index in [0.29, 0.717) is 42.3 Å². The molecule has 0 bridgehead atoms. The van der Waals surface area contributed by atoms with Crippen LogP contribution in [0.5, 0.6) is 0 Å². The van der Waals surface area contributed by atoms with Crippen LogP contribution in [-0.4, -0.2) is 66.3 Å². The van der Waals surface area contributed by atoms with Crippen molar-refractivity contribution >= 4 is 40.4 Å². The number of hydrogen-bond acceptors (Lipinski definition) is 5. The summed E-state index contributed by atoms with van der Waals surface area (Å²) >= 11 is 1.36. The van der Waals surface area contributed by atoms with E-state index in [1.54, 1.807) is 28.0 Å². The number of carbonyl (C=O) groups excluding carboxylic acids is 3. The minimum absolute atomic E-state index is 0.0303. The van der Waals surface area contributed by atoms with Gasteiger partial charge in [-0.25, -0.2) is 4.39 Å². The average molecular weight is 509 g/mol. The standard InChI is InChI=1S/C27H29FN4O3S/c1-19(2)32(27(35)24-7-4-16-36-24)18-25(33)29-22-8-10-23(11-9-22)30-12-14-31(15-13-30)26(34)20-5-3-6-21(28)17-20/h3-11,16-17,19H,12-15,18H2,1-2H3,(H,29,33). The van der Waals surface area contributed by atoms with Gasteiger partial charge in [-0.3, -0.25) is 14.4 Å². The summed E-state index contributed by atoms with van der Waals surface area (Å²) in [5.74, 6) is -0.996. The predicted molar refractivity (Wildman–Crippen MR) is 140 cm³/mol. The number of amides is 3. The van der Waals surface area contributed by atoms with Crippen molar-refractivity contribution in [2.24, 2.45) is 0 Å². The maximum Gasteiger partial charge on any atom is 0.264 e. The molecule has 1 fully saturated rings. The molecule has 3 amide bonds. The number of piperazine rings is 1. The maximum absolute atomic E-state index is 13.5. The van der Waals surface area contributed by atoms with Crippen molar-refractivity contribution in [3.63, 3.8) is 0 Å². The number of anilines is 2. The van der Waals surface area contributed by atoms with E-state index in [2.05, 4.69) is 10.2 Å². The summed E-state index contributed by atoms with van der Waals surface area (Å²) < 4.78 is 13.5. The van der Waals surface area contributed by atoms with Crippen molar-refractivity contribution in [3.8, 4) is 0 Å². The molecule has 188 valence electrons. The molecule has 0 aliphatic carbocycles. The van der Waals surface area contributed by atoms with Crippen LogP contribution in [0.4, 0.5) is 15.8 Å². The monoisotopic (exact) mass is 508 g/mol. The summed E-state index contributed by atoms with van der Waals surface area (Å²) in [5, 5.41) is 4.71. The lowest BCUT2D eigenvalue weighted by Gasteiger charge is -2.36. The SMILES string of the molecule is CC(C)N(CC(=O)Nc1ccc(N2CCN(C(=O)c3cccc(F)c3)CC2)cc1)C(=O)c1cccs1. The summed E-state index contributed by atoms with van der Waals surface area (Å²) in [5.41, 5.74) is 2.00. The zero-order valence-electron chi connectivity index (χ0n) is 20.3. The molecule has 9 heteroatoms. The zero-order chi connectivity index (χ0) is 25.7. The van der Waals surface area contributed by atoms with Crippen LogP contribution in [0.1, 0.15) is 33.9 Å². The van der Waals surface area contributed by atoms with Crippen LogP contribution in [0.25, 0.3) is 0 Å². The molecule has 36 heavy (non-hydrogen) atoms. The van der Waals surface area contributed by atoms with Crippen LogP contribution in [-0.2, 0) is 4.79 Å². The van der Waals surface area contributed by atoms with Crippen LogP contribution in [0.15, 0.2) is 66.0 Å². The molecule has 0 saturated carbocycles. The number of nitrogens with zero attached hydrogens (tertiary/aromatic N) is 3. The van der Waals surface area contributed by atoms with E-state index >= 15 is 0 Å². The number of hydrogen-bond donors (Lipinski definition) is 1. The smallest absolute Gasteiger partial charge is 0.264 e. The summed E-state index contributed by atoms with van der Waals surface area (Å²) in [6.07, 6.45) is 0. The molecular formula is C27H29FN4O3S. The highest BCUT2D eigenvalue weighted by Crippen LogP contribution is 2.21. The molecule has 0 unspecified atom stereocenters. The molecular weight excluding hydrogens is 479 g/mol. The number of carbonyl (C=O) groups is 3. The highest BCUT2D eigenvalue weighted by molar-refractivity contribution is 7.12. The minimum atomic E-state index is -0.419. The first-order valence-corrected chi connectivity index (χ1v) is 12.7. The number of benzene rings is 2. The van der Waals surface area contributed by atoms with Crippen molar-refractivity contribution in [2.45, 2.75) is 19.9 Å². The fourth-order valence-electron chi connectivity index (χ4n) is 4.11. The van der Waals surface area contributed by atoms with Gasteiger partial charge in [-0.05, 0) is 67.8 Å². The lowest BCUT2D eigenvalue weighted by molar-refractivity contribution is -0.117. The lowest BCUT2D eigenvalue weighted by atomic mass is 10.1. The van der Waals surface area contributed by atoms with Gasteiger partial charge >= 0.3 is 0 Å². The number of halogens is 1. The fourth-order valence-corrected chi connectivity index (χ4v) is 4.79. The lowest BCUT2D eigenvalue weighted by Crippen LogP contribution is -2.48. The maximum atomic E-state index is 13.5. The normalized spacial score (nSPS) is 13.6. The first kappa shape index (κ1) is 25.4. The van der Waals surface area contributed by atoms with E-state index in [1.807, 2.05) is 49.6 Å². The Bertz CT molecular complexity index is 1210. The molecule has 0 radical (unpaired) electrons. The second kappa shape index (κ2) is 11.3. The second-order valence-electron chi connectivity index (χ2n) is 8.89. The molecule has 7 nitrogen and oxygen atoms in total. The molecule has 2 aromatic carbocycles. The largest absolute Gasteiger partial charge is 0.368 e. The molecule has 1 aromatic heterocycles. The zero-order valence-corrected chi connectivity index (χ0v) is 21.1. The summed E-state index contributed by atoms with van der Waals surface area (Å²) in [7, 11) is 0. The van der Waals surface area contributed by atoms with Gasteiger partial charge in [0.05, 0.1) is 4.88 Å². The number of thiophene rings is 1. The van der Waals surface area contributed by atoms with Gasteiger partial charge < -0.3 is 20.0 Å². The van der Waals surface area contributed by atoms with Crippen molar-refractivity contribution in [1.29, 1.82) is 0 Å². The minimum Gasteiger partial charge on any atom is -0.368 e. The third-order valence-electron chi connectivity index (χ3n) is 6.08. The summed E-state index contributed by atoms with van der Waals surface area (Å²) in [4.78, 5) is 44.1. The van der Waals surface area contributed by atoms with Gasteiger partial charge in [-0.2, -0.15) is 0 Å². The fraction of sp³-hybridized carbons (Fsp3) is 0.296. The molecule has 1 aliphatic rings. The Morgan fingerprint density at radius 1 is 1.00 bits per heavy atom. The van der Waals surface area contributed by atoms with Crippen LogP contribution >= 0.6 is 11.3 Å².